The van der Waals surface area contributed by atoms with Crippen LogP contribution in [0.3, 0.4) is 0 Å². The minimum Gasteiger partial charge on any atom is -0.367 e. The maximum atomic E-state index is 13.1. The summed E-state index contributed by atoms with van der Waals surface area (Å²) in [5.41, 5.74) is 3.29. The van der Waals surface area contributed by atoms with Gasteiger partial charge in [0.15, 0.2) is 0 Å². The molecule has 1 aliphatic heterocycles. The molecule has 0 aromatic heterocycles. The lowest BCUT2D eigenvalue weighted by Crippen LogP contribution is -2.43. The van der Waals surface area contributed by atoms with Gasteiger partial charge < -0.3 is 20.9 Å². The van der Waals surface area contributed by atoms with Crippen LogP contribution >= 0.6 is 15.9 Å². The summed E-state index contributed by atoms with van der Waals surface area (Å²) in [7, 11) is 0. The van der Waals surface area contributed by atoms with Crippen LogP contribution in [0.1, 0.15) is 22.8 Å². The topological polar surface area (TPSA) is 73.5 Å². The molecule has 184 valence electrons. The Bertz CT molecular complexity index is 1110. The van der Waals surface area contributed by atoms with Gasteiger partial charge in [-0.05, 0) is 65.2 Å². The largest absolute Gasteiger partial charge is 0.367 e. The second-order valence-electron chi connectivity index (χ2n) is 8.20. The average molecular weight is 541 g/mol. The number of halogens is 2. The molecule has 0 radical (unpaired) electrons. The number of amides is 2. The van der Waals surface area contributed by atoms with Crippen LogP contribution in [0.5, 0.6) is 0 Å². The summed E-state index contributed by atoms with van der Waals surface area (Å²) >= 11 is 3.39. The zero-order valence-electron chi connectivity index (χ0n) is 19.6. The highest BCUT2D eigenvalue weighted by Crippen LogP contribution is 2.26. The van der Waals surface area contributed by atoms with Gasteiger partial charge in [-0.3, -0.25) is 9.59 Å². The maximum Gasteiger partial charge on any atom is 0.252 e. The van der Waals surface area contributed by atoms with Crippen LogP contribution in [0, 0.1) is 5.82 Å². The first-order valence-electron chi connectivity index (χ1n) is 11.5. The Morgan fingerprint density at radius 2 is 1.77 bits per heavy atom. The summed E-state index contributed by atoms with van der Waals surface area (Å²) in [6.07, 6.45) is 1.40. The van der Waals surface area contributed by atoms with E-state index in [1.165, 1.54) is 17.7 Å². The number of nitrogens with one attached hydrogen (secondary N) is 3. The van der Waals surface area contributed by atoms with Gasteiger partial charge in [-0.1, -0.05) is 42.5 Å². The van der Waals surface area contributed by atoms with Crippen molar-refractivity contribution in [1.29, 1.82) is 0 Å². The van der Waals surface area contributed by atoms with Crippen LogP contribution in [0.15, 0.2) is 77.3 Å². The van der Waals surface area contributed by atoms with Crippen molar-refractivity contribution in [2.24, 2.45) is 0 Å². The first kappa shape index (κ1) is 26.4. The molecule has 0 bridgehead atoms. The number of hydrogen-bond donors (Lipinski definition) is 3. The summed E-state index contributed by atoms with van der Waals surface area (Å²) < 4.78 is 13.9. The quantitative estimate of drug-likeness (QED) is 0.382. The van der Waals surface area contributed by atoms with E-state index < -0.39 is 0 Å². The minimum atomic E-state index is -0.344. The predicted molar refractivity (Wildman–Crippen MR) is 142 cm³/mol. The van der Waals surface area contributed by atoms with Crippen LogP contribution in [-0.2, 0) is 11.2 Å². The van der Waals surface area contributed by atoms with E-state index in [0.717, 1.165) is 42.8 Å². The molecule has 3 aromatic carbocycles. The highest BCUT2D eigenvalue weighted by Gasteiger charge is 2.15. The zero-order valence-corrected chi connectivity index (χ0v) is 21.2. The smallest absolute Gasteiger partial charge is 0.252 e. The Labute approximate surface area is 214 Å². The fraction of sp³-hybridized carbons (Fsp3) is 0.259. The molecule has 1 unspecified atom stereocenters. The Balaban J connectivity index is 0.000000198. The third-order valence-electron chi connectivity index (χ3n) is 5.51. The molecule has 1 aliphatic rings. The number of piperazine rings is 1. The second kappa shape index (κ2) is 13.6. The van der Waals surface area contributed by atoms with Crippen molar-refractivity contribution >= 4 is 39.6 Å². The Hall–Kier alpha value is -3.23. The lowest BCUT2D eigenvalue weighted by atomic mass is 10.1. The van der Waals surface area contributed by atoms with E-state index in [4.69, 9.17) is 0 Å². The number of hydrogen-bond acceptors (Lipinski definition) is 4. The first-order chi connectivity index (χ1) is 17.0. The molecule has 1 heterocycles. The standard InChI is InChI=1S/C16H16BrNO.C11H14FN3O/c1-12(11-13-7-3-2-4-8-13)18-16(19)14-9-5-6-10-15(14)17;12-9-1-2-11(10(7-9)14-8-16)15-5-3-13-4-6-15/h2-10,12H,11H2,1H3,(H,18,19);1-2,7-8,13H,3-6H2,(H,14,16). The Kier molecular flexibility index (Phi) is 10.3. The van der Waals surface area contributed by atoms with Gasteiger partial charge in [0.05, 0.1) is 16.9 Å². The van der Waals surface area contributed by atoms with Gasteiger partial charge in [-0.25, -0.2) is 4.39 Å². The van der Waals surface area contributed by atoms with Gasteiger partial charge in [-0.15, -0.1) is 0 Å². The van der Waals surface area contributed by atoms with Gasteiger partial charge in [0.1, 0.15) is 5.82 Å². The fourth-order valence-corrected chi connectivity index (χ4v) is 4.30. The summed E-state index contributed by atoms with van der Waals surface area (Å²) in [6, 6.07) is 22.2. The van der Waals surface area contributed by atoms with Gasteiger partial charge >= 0.3 is 0 Å². The van der Waals surface area contributed by atoms with E-state index in [1.54, 1.807) is 6.07 Å². The molecule has 1 atom stereocenters. The number of carbonyl (C=O) groups is 2. The molecular weight excluding hydrogens is 511 g/mol. The number of anilines is 2. The molecule has 2 amide bonds. The number of carbonyl (C=O) groups excluding carboxylic acids is 2. The number of nitrogens with zero attached hydrogens (tertiary/aromatic N) is 1. The van der Waals surface area contributed by atoms with E-state index in [0.29, 0.717) is 17.7 Å². The van der Waals surface area contributed by atoms with Gasteiger partial charge in [-0.2, -0.15) is 0 Å². The maximum absolute atomic E-state index is 13.1. The van der Waals surface area contributed by atoms with Crippen molar-refractivity contribution < 1.29 is 14.0 Å². The van der Waals surface area contributed by atoms with Crippen LogP contribution < -0.4 is 20.9 Å². The number of benzene rings is 3. The van der Waals surface area contributed by atoms with Crippen molar-refractivity contribution in [2.75, 3.05) is 36.4 Å². The summed E-state index contributed by atoms with van der Waals surface area (Å²) in [5, 5.41) is 8.79. The third kappa shape index (κ3) is 8.19. The second-order valence-corrected chi connectivity index (χ2v) is 9.06. The molecule has 1 saturated heterocycles. The van der Waals surface area contributed by atoms with Crippen LogP contribution in [0.25, 0.3) is 0 Å². The zero-order chi connectivity index (χ0) is 25.0. The Morgan fingerprint density at radius 1 is 1.09 bits per heavy atom. The third-order valence-corrected chi connectivity index (χ3v) is 6.20. The molecule has 0 aliphatic carbocycles. The molecular formula is C27H30BrFN4O2. The normalized spacial score (nSPS) is 13.7. The van der Waals surface area contributed by atoms with Crippen molar-refractivity contribution in [2.45, 2.75) is 19.4 Å². The van der Waals surface area contributed by atoms with E-state index in [-0.39, 0.29) is 17.8 Å². The fourth-order valence-electron chi connectivity index (χ4n) is 3.83. The lowest BCUT2D eigenvalue weighted by molar-refractivity contribution is -0.105. The SMILES string of the molecule is CC(Cc1ccccc1)NC(=O)c1ccccc1Br.O=CNc1cc(F)ccc1N1CCNCC1. The van der Waals surface area contributed by atoms with E-state index in [9.17, 15) is 14.0 Å². The minimum absolute atomic E-state index is 0.0455. The lowest BCUT2D eigenvalue weighted by Gasteiger charge is -2.30. The van der Waals surface area contributed by atoms with Crippen LogP contribution in [0.4, 0.5) is 15.8 Å². The molecule has 3 N–H and O–H groups in total. The summed E-state index contributed by atoms with van der Waals surface area (Å²) in [5.74, 6) is -0.390. The molecule has 6 nitrogen and oxygen atoms in total. The van der Waals surface area contributed by atoms with E-state index in [2.05, 4.69) is 48.9 Å². The number of rotatable bonds is 7. The highest BCUT2D eigenvalue weighted by molar-refractivity contribution is 9.10. The summed E-state index contributed by atoms with van der Waals surface area (Å²) in [4.78, 5) is 24.7. The van der Waals surface area contributed by atoms with Crippen molar-refractivity contribution in [3.8, 4) is 0 Å². The molecule has 0 saturated carbocycles. The first-order valence-corrected chi connectivity index (χ1v) is 12.3. The predicted octanol–water partition coefficient (Wildman–Crippen LogP) is 4.61. The van der Waals surface area contributed by atoms with Crippen molar-refractivity contribution in [3.63, 3.8) is 0 Å². The monoisotopic (exact) mass is 540 g/mol. The molecule has 1 fully saturated rings. The molecule has 4 rings (SSSR count). The van der Waals surface area contributed by atoms with E-state index in [1.807, 2.05) is 49.4 Å². The van der Waals surface area contributed by atoms with E-state index >= 15 is 0 Å². The van der Waals surface area contributed by atoms with Gasteiger partial charge in [0, 0.05) is 36.7 Å². The van der Waals surface area contributed by atoms with Gasteiger partial charge in [0.2, 0.25) is 6.41 Å². The average Bonchev–Trinajstić information content (AvgIpc) is 2.86. The molecule has 0 spiro atoms. The molecule has 35 heavy (non-hydrogen) atoms. The van der Waals surface area contributed by atoms with Crippen molar-refractivity contribution in [3.05, 3.63) is 94.2 Å². The van der Waals surface area contributed by atoms with Gasteiger partial charge in [0.25, 0.3) is 5.91 Å². The molecule has 3 aromatic rings. The van der Waals surface area contributed by atoms with Crippen molar-refractivity contribution in [1.82, 2.24) is 10.6 Å². The van der Waals surface area contributed by atoms with Crippen LogP contribution in [-0.4, -0.2) is 44.5 Å². The molecule has 8 heteroatoms. The summed E-state index contributed by atoms with van der Waals surface area (Å²) in [6.45, 7) is 5.54. The van der Waals surface area contributed by atoms with Crippen LogP contribution in [0.2, 0.25) is 0 Å². The highest BCUT2D eigenvalue weighted by atomic mass is 79.9. The Morgan fingerprint density at radius 3 is 2.46 bits per heavy atom.